The molecule has 0 aliphatic carbocycles. The highest BCUT2D eigenvalue weighted by molar-refractivity contribution is 7.07. The van der Waals surface area contributed by atoms with E-state index in [0.29, 0.717) is 42.0 Å². The molecule has 0 spiro atoms. The minimum Gasteiger partial charge on any atom is -0.462 e. The average Bonchev–Trinajstić information content (AvgIpc) is 3.20. The summed E-state index contributed by atoms with van der Waals surface area (Å²) in [6, 6.07) is 0. The predicted octanol–water partition coefficient (Wildman–Crippen LogP) is 3.46. The van der Waals surface area contributed by atoms with Crippen LogP contribution >= 0.6 is 11.3 Å². The second-order valence-corrected chi connectivity index (χ2v) is 7.71. The number of H-pyrrole nitrogens is 1. The van der Waals surface area contributed by atoms with Gasteiger partial charge in [0, 0.05) is 24.2 Å². The smallest absolute Gasteiger partial charge is 0.355 e. The monoisotopic (exact) mass is 393 g/mol. The summed E-state index contributed by atoms with van der Waals surface area (Å²) in [5.74, 6) is -0.915. The zero-order valence-corrected chi connectivity index (χ0v) is 17.3. The van der Waals surface area contributed by atoms with E-state index in [9.17, 15) is 9.59 Å². The molecule has 0 aliphatic heterocycles. The normalized spacial score (nSPS) is 11.4. The fraction of sp³-hybridized carbons (Fsp3) is 0.526. The van der Waals surface area contributed by atoms with Crippen LogP contribution in [0.5, 0.6) is 0 Å². The number of ether oxygens (including phenoxy) is 2. The van der Waals surface area contributed by atoms with Gasteiger partial charge in [-0.3, -0.25) is 0 Å². The van der Waals surface area contributed by atoms with E-state index in [1.807, 2.05) is 33.1 Å². The topological polar surface area (TPSA) is 93.3 Å². The van der Waals surface area contributed by atoms with Crippen molar-refractivity contribution in [3.8, 4) is 0 Å². The van der Waals surface area contributed by atoms with E-state index in [2.05, 4.69) is 15.3 Å². The van der Waals surface area contributed by atoms with Crippen LogP contribution in [0.3, 0.4) is 0 Å². The van der Waals surface area contributed by atoms with Gasteiger partial charge in [0.2, 0.25) is 0 Å². The molecule has 0 amide bonds. The van der Waals surface area contributed by atoms with E-state index < -0.39 is 17.5 Å². The number of aromatic nitrogens is 2. The SMILES string of the molecule is CCOC(=O)c1c(CNCc2cscn2)[nH]c(C(=O)OC(C)(C)C)c1CC. The molecule has 8 heteroatoms. The zero-order valence-electron chi connectivity index (χ0n) is 16.5. The molecule has 27 heavy (non-hydrogen) atoms. The molecule has 2 N–H and O–H groups in total. The molecule has 2 aromatic rings. The Labute approximate surface area is 163 Å². The Morgan fingerprint density at radius 1 is 1.22 bits per heavy atom. The van der Waals surface area contributed by atoms with Gasteiger partial charge in [0.15, 0.2) is 0 Å². The molecule has 2 heterocycles. The van der Waals surface area contributed by atoms with Crippen LogP contribution in [0.4, 0.5) is 0 Å². The Kier molecular flexibility index (Phi) is 7.15. The molecule has 0 bridgehead atoms. The van der Waals surface area contributed by atoms with Gasteiger partial charge in [0.1, 0.15) is 11.3 Å². The third kappa shape index (κ3) is 5.64. The van der Waals surface area contributed by atoms with Gasteiger partial charge in [0.25, 0.3) is 0 Å². The molecule has 0 saturated heterocycles. The highest BCUT2D eigenvalue weighted by Gasteiger charge is 2.29. The molecular formula is C19H27N3O4S. The van der Waals surface area contributed by atoms with Crippen molar-refractivity contribution in [2.24, 2.45) is 0 Å². The molecule has 0 unspecified atom stereocenters. The van der Waals surface area contributed by atoms with Crippen LogP contribution in [0.15, 0.2) is 10.9 Å². The first kappa shape index (κ1) is 21.1. The van der Waals surface area contributed by atoms with Crippen molar-refractivity contribution in [3.05, 3.63) is 39.1 Å². The predicted molar refractivity (Wildman–Crippen MR) is 104 cm³/mol. The Bertz CT molecular complexity index is 776. The van der Waals surface area contributed by atoms with E-state index in [1.165, 1.54) is 11.3 Å². The lowest BCUT2D eigenvalue weighted by atomic mass is 10.1. The second kappa shape index (κ2) is 9.14. The lowest BCUT2D eigenvalue weighted by Crippen LogP contribution is -2.24. The summed E-state index contributed by atoms with van der Waals surface area (Å²) in [6.07, 6.45) is 0.505. The summed E-state index contributed by atoms with van der Waals surface area (Å²) in [5.41, 5.74) is 4.01. The van der Waals surface area contributed by atoms with Crippen molar-refractivity contribution in [2.45, 2.75) is 59.7 Å². The first-order valence-corrected chi connectivity index (χ1v) is 9.93. The average molecular weight is 394 g/mol. The van der Waals surface area contributed by atoms with Gasteiger partial charge in [-0.1, -0.05) is 6.92 Å². The van der Waals surface area contributed by atoms with Gasteiger partial charge in [-0.2, -0.15) is 0 Å². The Morgan fingerprint density at radius 3 is 2.52 bits per heavy atom. The van der Waals surface area contributed by atoms with Crippen molar-refractivity contribution in [2.75, 3.05) is 6.61 Å². The van der Waals surface area contributed by atoms with Gasteiger partial charge >= 0.3 is 11.9 Å². The van der Waals surface area contributed by atoms with E-state index >= 15 is 0 Å². The van der Waals surface area contributed by atoms with Gasteiger partial charge in [-0.05, 0) is 39.7 Å². The number of hydrogen-bond donors (Lipinski definition) is 2. The molecule has 2 aromatic heterocycles. The molecule has 0 radical (unpaired) electrons. The van der Waals surface area contributed by atoms with E-state index in [0.717, 1.165) is 5.69 Å². The fourth-order valence-corrected chi connectivity index (χ4v) is 3.23. The molecule has 0 aromatic carbocycles. The minimum atomic E-state index is -0.625. The highest BCUT2D eigenvalue weighted by atomic mass is 32.1. The first-order valence-electron chi connectivity index (χ1n) is 8.98. The maximum Gasteiger partial charge on any atom is 0.355 e. The highest BCUT2D eigenvalue weighted by Crippen LogP contribution is 2.24. The number of thiazole rings is 1. The van der Waals surface area contributed by atoms with Crippen LogP contribution in [0, 0.1) is 0 Å². The van der Waals surface area contributed by atoms with Crippen LogP contribution in [0.2, 0.25) is 0 Å². The Morgan fingerprint density at radius 2 is 1.96 bits per heavy atom. The Balaban J connectivity index is 2.31. The summed E-state index contributed by atoms with van der Waals surface area (Å²) in [4.78, 5) is 32.4. The van der Waals surface area contributed by atoms with Crippen molar-refractivity contribution in [1.29, 1.82) is 0 Å². The molecule has 148 valence electrons. The third-order valence-electron chi connectivity index (χ3n) is 3.71. The van der Waals surface area contributed by atoms with E-state index in [-0.39, 0.29) is 6.61 Å². The van der Waals surface area contributed by atoms with E-state index in [4.69, 9.17) is 9.47 Å². The second-order valence-electron chi connectivity index (χ2n) is 6.99. The van der Waals surface area contributed by atoms with Crippen molar-refractivity contribution < 1.29 is 19.1 Å². The minimum absolute atomic E-state index is 0.265. The van der Waals surface area contributed by atoms with Crippen LogP contribution in [-0.2, 0) is 29.0 Å². The molecule has 2 rings (SSSR count). The number of hydrogen-bond acceptors (Lipinski definition) is 7. The number of esters is 2. The first-order chi connectivity index (χ1) is 12.8. The van der Waals surface area contributed by atoms with Crippen LogP contribution < -0.4 is 5.32 Å². The van der Waals surface area contributed by atoms with Crippen molar-refractivity contribution in [1.82, 2.24) is 15.3 Å². The molecule has 7 nitrogen and oxygen atoms in total. The summed E-state index contributed by atoms with van der Waals surface area (Å²) < 4.78 is 10.7. The Hall–Kier alpha value is -2.19. The fourth-order valence-electron chi connectivity index (χ4n) is 2.68. The standard InChI is InChI=1S/C19H27N3O4S/c1-6-13-15(17(23)25-7-2)14(9-20-8-12-10-27-11-21-12)22-16(13)18(24)26-19(3,4)5/h10-11,20,22H,6-9H2,1-5H3. The summed E-state index contributed by atoms with van der Waals surface area (Å²) in [6.45, 7) is 10.3. The summed E-state index contributed by atoms with van der Waals surface area (Å²) in [7, 11) is 0. The molecule has 0 atom stereocenters. The van der Waals surface area contributed by atoms with Crippen LogP contribution in [0.1, 0.15) is 72.4 Å². The number of carbonyl (C=O) groups is 2. The van der Waals surface area contributed by atoms with Gasteiger partial charge in [-0.25, -0.2) is 14.6 Å². The summed E-state index contributed by atoms with van der Waals surface area (Å²) in [5, 5.41) is 5.20. The molecule has 0 aliphatic rings. The largest absolute Gasteiger partial charge is 0.462 e. The summed E-state index contributed by atoms with van der Waals surface area (Å²) >= 11 is 1.53. The van der Waals surface area contributed by atoms with E-state index in [1.54, 1.807) is 12.4 Å². The van der Waals surface area contributed by atoms with Gasteiger partial charge < -0.3 is 19.8 Å². The molecule has 0 fully saturated rings. The van der Waals surface area contributed by atoms with Crippen LogP contribution in [0.25, 0.3) is 0 Å². The van der Waals surface area contributed by atoms with Gasteiger partial charge in [0.05, 0.1) is 23.4 Å². The number of nitrogens with zero attached hydrogens (tertiary/aromatic N) is 1. The third-order valence-corrected chi connectivity index (χ3v) is 4.34. The van der Waals surface area contributed by atoms with Crippen LogP contribution in [-0.4, -0.2) is 34.1 Å². The van der Waals surface area contributed by atoms with Gasteiger partial charge in [-0.15, -0.1) is 11.3 Å². The maximum absolute atomic E-state index is 12.6. The number of aromatic amines is 1. The molecule has 0 saturated carbocycles. The lowest BCUT2D eigenvalue weighted by molar-refractivity contribution is 0.00622. The number of rotatable bonds is 8. The quantitative estimate of drug-likeness (QED) is 0.667. The zero-order chi connectivity index (χ0) is 20.0. The van der Waals surface area contributed by atoms with Crippen molar-refractivity contribution in [3.63, 3.8) is 0 Å². The molecular weight excluding hydrogens is 366 g/mol. The number of carbonyl (C=O) groups excluding carboxylic acids is 2. The van der Waals surface area contributed by atoms with Crippen molar-refractivity contribution >= 4 is 23.3 Å². The maximum atomic E-state index is 12.6. The lowest BCUT2D eigenvalue weighted by Gasteiger charge is -2.19. The number of nitrogens with one attached hydrogen (secondary N) is 2.